The van der Waals surface area contributed by atoms with E-state index in [1.807, 2.05) is 71.9 Å². The van der Waals surface area contributed by atoms with Gasteiger partial charge in [0.25, 0.3) is 5.91 Å². The van der Waals surface area contributed by atoms with Crippen LogP contribution in [0.4, 0.5) is 13.6 Å². The molecule has 1 aromatic heterocycles. The molecule has 3 aliphatic heterocycles. The second-order valence-electron chi connectivity index (χ2n) is 18.7. The molecule has 3 aromatic rings. The molecule has 4 amide bonds. The van der Waals surface area contributed by atoms with Crippen molar-refractivity contribution >= 4 is 52.8 Å². The van der Waals surface area contributed by atoms with Crippen LogP contribution in [0.15, 0.2) is 54.6 Å². The van der Waals surface area contributed by atoms with E-state index in [0.717, 1.165) is 35.8 Å². The Morgan fingerprint density at radius 1 is 0.889 bits per heavy atom. The quantitative estimate of drug-likeness (QED) is 0.166. The fourth-order valence-electron chi connectivity index (χ4n) is 8.75. The van der Waals surface area contributed by atoms with Gasteiger partial charge in [-0.2, -0.15) is 8.78 Å². The first-order valence-corrected chi connectivity index (χ1v) is 24.4. The summed E-state index contributed by atoms with van der Waals surface area (Å²) in [6, 6.07) is 13.1. The van der Waals surface area contributed by atoms with Crippen LogP contribution in [0.25, 0.3) is 10.1 Å². The van der Waals surface area contributed by atoms with E-state index in [0.29, 0.717) is 62.3 Å². The number of carbonyl (C=O) groups is 4. The van der Waals surface area contributed by atoms with Gasteiger partial charge in [0.05, 0.1) is 31.2 Å². The molecular formula is C46H63F2N4O9PS. The van der Waals surface area contributed by atoms with Crippen LogP contribution in [-0.4, -0.2) is 109 Å². The van der Waals surface area contributed by atoms with Crippen LogP contribution >= 0.6 is 18.9 Å². The van der Waals surface area contributed by atoms with Gasteiger partial charge in [0, 0.05) is 36.4 Å². The van der Waals surface area contributed by atoms with Crippen LogP contribution < -0.4 is 5.32 Å². The number of nitrogens with one attached hydrogen (secondary N) is 1. The molecule has 63 heavy (non-hydrogen) atoms. The van der Waals surface area contributed by atoms with Crippen molar-refractivity contribution in [3.05, 3.63) is 70.6 Å². The molecule has 0 spiro atoms. The van der Waals surface area contributed by atoms with E-state index >= 15 is 8.78 Å². The molecule has 3 fully saturated rings. The second-order valence-corrected chi connectivity index (χ2v) is 21.9. The molecule has 2 aromatic carbocycles. The summed E-state index contributed by atoms with van der Waals surface area (Å²) in [5.41, 5.74) is -4.97. The fraction of sp³-hybridized carbons (Fsp3) is 0.609. The van der Waals surface area contributed by atoms with E-state index in [2.05, 4.69) is 5.32 Å². The van der Waals surface area contributed by atoms with Crippen molar-refractivity contribution < 1.29 is 51.0 Å². The van der Waals surface area contributed by atoms with E-state index in [4.69, 9.17) is 18.5 Å². The van der Waals surface area contributed by atoms with Gasteiger partial charge in [-0.25, -0.2) is 4.79 Å². The highest BCUT2D eigenvalue weighted by molar-refractivity contribution is 7.54. The smallest absolute Gasteiger partial charge is 0.410 e. The number of ether oxygens (including phenoxy) is 2. The molecule has 17 heteroatoms. The van der Waals surface area contributed by atoms with Crippen LogP contribution in [0.5, 0.6) is 0 Å². The average molecular weight is 917 g/mol. The lowest BCUT2D eigenvalue weighted by atomic mass is 9.82. The second kappa shape index (κ2) is 19.7. The maximum atomic E-state index is 15.7. The Morgan fingerprint density at radius 2 is 1.56 bits per heavy atom. The van der Waals surface area contributed by atoms with Gasteiger partial charge in [-0.1, -0.05) is 57.2 Å². The summed E-state index contributed by atoms with van der Waals surface area (Å²) in [7, 11) is -4.86. The van der Waals surface area contributed by atoms with Crippen molar-refractivity contribution in [2.75, 3.05) is 52.5 Å². The van der Waals surface area contributed by atoms with Crippen molar-refractivity contribution in [3.8, 4) is 0 Å². The summed E-state index contributed by atoms with van der Waals surface area (Å²) in [5, 5.41) is 3.29. The number of halogens is 2. The summed E-state index contributed by atoms with van der Waals surface area (Å²) >= 11 is 1.08. The average Bonchev–Trinajstić information content (AvgIpc) is 3.86. The number of alkyl halides is 2. The summed E-state index contributed by atoms with van der Waals surface area (Å²) in [6.45, 7) is 15.9. The largest absolute Gasteiger partial charge is 0.444 e. The highest BCUT2D eigenvalue weighted by Gasteiger charge is 2.55. The summed E-state index contributed by atoms with van der Waals surface area (Å²) in [4.78, 5) is 62.2. The zero-order chi connectivity index (χ0) is 45.9. The minimum atomic E-state index is -4.86. The number of benzene rings is 2. The molecule has 1 N–H and O–H groups in total. The Hall–Kier alpha value is -3.95. The first-order chi connectivity index (χ1) is 29.7. The lowest BCUT2D eigenvalue weighted by molar-refractivity contribution is -0.152. The first kappa shape index (κ1) is 48.5. The first-order valence-electron chi connectivity index (χ1n) is 22.0. The molecule has 3 aliphatic rings. The predicted molar refractivity (Wildman–Crippen MR) is 238 cm³/mol. The van der Waals surface area contributed by atoms with Crippen molar-refractivity contribution in [2.24, 2.45) is 17.3 Å². The maximum Gasteiger partial charge on any atom is 0.410 e. The Labute approximate surface area is 373 Å². The molecular weight excluding hydrogens is 854 g/mol. The van der Waals surface area contributed by atoms with Crippen molar-refractivity contribution in [1.82, 2.24) is 20.0 Å². The van der Waals surface area contributed by atoms with Gasteiger partial charge in [-0.3, -0.25) is 18.9 Å². The van der Waals surface area contributed by atoms with Gasteiger partial charge in [0.2, 0.25) is 11.8 Å². The summed E-state index contributed by atoms with van der Waals surface area (Å²) in [5.74, 6) is -1.05. The Balaban J connectivity index is 1.23. The number of hydrogen-bond donors (Lipinski definition) is 1. The number of fused-ring (bicyclic) bond motifs is 1. The molecule has 13 nitrogen and oxygen atoms in total. The maximum absolute atomic E-state index is 15.7. The van der Waals surface area contributed by atoms with Gasteiger partial charge in [0.1, 0.15) is 23.8 Å². The predicted octanol–water partition coefficient (Wildman–Crippen LogP) is 9.22. The number of carbonyl (C=O) groups excluding carboxylic acids is 4. The van der Waals surface area contributed by atoms with Crippen LogP contribution in [0.1, 0.15) is 108 Å². The third-order valence-corrected chi connectivity index (χ3v) is 15.2. The SMILES string of the molecule is CCOP(=O)(OCC)C(F)(F)c1ccc2sc(C(=O)N[C@H](C(=O)N3CC[C@@H](CC4CCN(C(=O)OC(C)(C)C)CC4)[C@H]3C(=O)N3CCO[C@H](c4ccccc4)C3)C(C)(C)C)cc2c1. The molecule has 3 saturated heterocycles. The molecule has 4 heterocycles. The van der Waals surface area contributed by atoms with E-state index in [1.54, 1.807) is 14.7 Å². The monoisotopic (exact) mass is 916 g/mol. The molecule has 4 atom stereocenters. The van der Waals surface area contributed by atoms with E-state index < -0.39 is 47.8 Å². The minimum absolute atomic E-state index is 0.157. The fourth-order valence-corrected chi connectivity index (χ4v) is 11.2. The van der Waals surface area contributed by atoms with Crippen molar-refractivity contribution in [3.63, 3.8) is 0 Å². The molecule has 346 valence electrons. The third-order valence-electron chi connectivity index (χ3n) is 11.9. The van der Waals surface area contributed by atoms with Crippen LogP contribution in [0.2, 0.25) is 0 Å². The van der Waals surface area contributed by atoms with Gasteiger partial charge in [-0.05, 0) is 107 Å². The summed E-state index contributed by atoms with van der Waals surface area (Å²) in [6.07, 6.45) is 2.10. The number of thiophene rings is 1. The number of morpholine rings is 1. The topological polar surface area (TPSA) is 144 Å². The zero-order valence-electron chi connectivity index (χ0n) is 37.7. The molecule has 0 aliphatic carbocycles. The highest BCUT2D eigenvalue weighted by Crippen LogP contribution is 2.67. The standard InChI is InChI=1S/C46H63F2N4O9PS/c1-9-59-62(57,60-10-2)46(47,48)34-16-17-36-33(27-34)28-37(63-36)40(53)49-39(44(3,4)5)42(55)52-23-20-32(26-30-18-21-50(22-19-30)43(56)61-45(6,7)8)38(52)41(54)51-24-25-58-35(29-51)31-14-12-11-13-15-31/h11-17,27-28,30,32,35,38-39H,9-10,18-26,29H2,1-8H3,(H,49,53)/t32-,35-,38-,39+/m0/s1. The van der Waals surface area contributed by atoms with E-state index in [9.17, 15) is 23.7 Å². The van der Waals surface area contributed by atoms with Crippen LogP contribution in [0, 0.1) is 17.3 Å². The number of amides is 4. The minimum Gasteiger partial charge on any atom is -0.444 e. The number of hydrogen-bond acceptors (Lipinski definition) is 10. The Bertz CT molecular complexity index is 2140. The molecule has 0 saturated carbocycles. The Kier molecular flexibility index (Phi) is 15.1. The van der Waals surface area contributed by atoms with E-state index in [1.165, 1.54) is 32.0 Å². The van der Waals surface area contributed by atoms with Crippen molar-refractivity contribution in [2.45, 2.75) is 111 Å². The van der Waals surface area contributed by atoms with Crippen molar-refractivity contribution in [1.29, 1.82) is 0 Å². The lowest BCUT2D eigenvalue weighted by Gasteiger charge is -2.40. The van der Waals surface area contributed by atoms with Crippen LogP contribution in [0.3, 0.4) is 0 Å². The molecule has 6 rings (SSSR count). The lowest BCUT2D eigenvalue weighted by Crippen LogP contribution is -2.59. The van der Waals surface area contributed by atoms with Gasteiger partial charge < -0.3 is 38.5 Å². The number of piperidine rings is 1. The highest BCUT2D eigenvalue weighted by atomic mass is 32.1. The molecule has 0 bridgehead atoms. The van der Waals surface area contributed by atoms with Gasteiger partial charge in [0.15, 0.2) is 0 Å². The normalized spacial score (nSPS) is 21.1. The third kappa shape index (κ3) is 11.1. The van der Waals surface area contributed by atoms with E-state index in [-0.39, 0.29) is 53.9 Å². The zero-order valence-corrected chi connectivity index (χ0v) is 39.4. The number of nitrogens with zero attached hydrogens (tertiary/aromatic N) is 3. The number of rotatable bonds is 13. The van der Waals surface area contributed by atoms with Gasteiger partial charge in [-0.15, -0.1) is 11.3 Å². The van der Waals surface area contributed by atoms with Gasteiger partial charge >= 0.3 is 19.4 Å². The molecule has 0 radical (unpaired) electrons. The Morgan fingerprint density at radius 3 is 2.17 bits per heavy atom. The van der Waals surface area contributed by atoms with Crippen LogP contribution in [-0.2, 0) is 38.3 Å². The molecule has 0 unspecified atom stereocenters. The number of likely N-dealkylation sites (tertiary alicyclic amines) is 2. The summed E-state index contributed by atoms with van der Waals surface area (Å²) < 4.78 is 66.7.